The molecule has 106 valence electrons. The zero-order valence-electron chi connectivity index (χ0n) is 11.5. The Kier molecular flexibility index (Phi) is 4.37. The van der Waals surface area contributed by atoms with Crippen molar-refractivity contribution in [3.05, 3.63) is 36.7 Å². The Labute approximate surface area is 117 Å². The van der Waals surface area contributed by atoms with Crippen molar-refractivity contribution >= 4 is 11.7 Å². The number of imidazole rings is 1. The van der Waals surface area contributed by atoms with Crippen molar-refractivity contribution < 1.29 is 9.90 Å². The average Bonchev–Trinajstić information content (AvgIpc) is 2.85. The van der Waals surface area contributed by atoms with Gasteiger partial charge < -0.3 is 20.3 Å². The quantitative estimate of drug-likeness (QED) is 0.792. The van der Waals surface area contributed by atoms with E-state index in [4.69, 9.17) is 5.11 Å². The summed E-state index contributed by atoms with van der Waals surface area (Å²) in [5, 5.41) is 14.2. The number of aryl methyl sites for hydroxylation is 1. The molecule has 0 aliphatic carbocycles. The van der Waals surface area contributed by atoms with Crippen molar-refractivity contribution in [2.24, 2.45) is 7.05 Å². The number of hydrogen-bond donors (Lipinski definition) is 3. The maximum absolute atomic E-state index is 11.7. The lowest BCUT2D eigenvalue weighted by Gasteiger charge is -2.12. The molecule has 2 aromatic rings. The molecule has 6 nitrogen and oxygen atoms in total. The van der Waals surface area contributed by atoms with Gasteiger partial charge in [0.05, 0.1) is 12.6 Å². The molecule has 1 aromatic carbocycles. The van der Waals surface area contributed by atoms with Gasteiger partial charge in [0.25, 0.3) is 0 Å². The van der Waals surface area contributed by atoms with E-state index in [1.54, 1.807) is 19.2 Å². The number of aliphatic hydroxyl groups is 1. The summed E-state index contributed by atoms with van der Waals surface area (Å²) in [6, 6.07) is 6.81. The minimum Gasteiger partial charge on any atom is -0.394 e. The van der Waals surface area contributed by atoms with Crippen LogP contribution in [-0.2, 0) is 7.05 Å². The van der Waals surface area contributed by atoms with E-state index in [9.17, 15) is 4.79 Å². The van der Waals surface area contributed by atoms with Crippen molar-refractivity contribution in [3.8, 4) is 11.4 Å². The zero-order chi connectivity index (χ0) is 14.5. The second-order valence-corrected chi connectivity index (χ2v) is 4.62. The summed E-state index contributed by atoms with van der Waals surface area (Å²) in [7, 11) is 1.91. The molecule has 2 rings (SSSR count). The van der Waals surface area contributed by atoms with Crippen LogP contribution >= 0.6 is 0 Å². The molecule has 20 heavy (non-hydrogen) atoms. The van der Waals surface area contributed by atoms with Gasteiger partial charge in [-0.05, 0) is 19.1 Å². The van der Waals surface area contributed by atoms with E-state index in [1.807, 2.05) is 36.0 Å². The molecule has 0 saturated heterocycles. The normalized spacial score (nSPS) is 11.9. The summed E-state index contributed by atoms with van der Waals surface area (Å²) in [4.78, 5) is 16.0. The van der Waals surface area contributed by atoms with Crippen LogP contribution in [0.2, 0.25) is 0 Å². The molecule has 0 spiro atoms. The standard InChI is InChI=1S/C14H18N4O2/c1-10(9-19)16-14(20)17-12-5-3-4-11(8-12)13-15-6-7-18(13)2/h3-8,10,19H,9H2,1-2H3,(H2,16,17,20). The fraction of sp³-hybridized carbons (Fsp3) is 0.286. The second kappa shape index (κ2) is 6.21. The predicted molar refractivity (Wildman–Crippen MR) is 77.3 cm³/mol. The first-order chi connectivity index (χ1) is 9.60. The summed E-state index contributed by atoms with van der Waals surface area (Å²) in [6.45, 7) is 1.63. The summed E-state index contributed by atoms with van der Waals surface area (Å²) in [5.74, 6) is 0.831. The van der Waals surface area contributed by atoms with Crippen LogP contribution in [-0.4, -0.2) is 33.3 Å². The lowest BCUT2D eigenvalue weighted by molar-refractivity contribution is 0.229. The Morgan fingerprint density at radius 1 is 1.50 bits per heavy atom. The van der Waals surface area contributed by atoms with Gasteiger partial charge in [-0.1, -0.05) is 12.1 Å². The molecular formula is C14H18N4O2. The monoisotopic (exact) mass is 274 g/mol. The molecule has 0 saturated carbocycles. The average molecular weight is 274 g/mol. The summed E-state index contributed by atoms with van der Waals surface area (Å²) >= 11 is 0. The third-order valence-corrected chi connectivity index (χ3v) is 2.85. The molecule has 6 heteroatoms. The number of rotatable bonds is 4. The van der Waals surface area contributed by atoms with Gasteiger partial charge in [-0.3, -0.25) is 0 Å². The van der Waals surface area contributed by atoms with E-state index in [0.717, 1.165) is 11.4 Å². The van der Waals surface area contributed by atoms with Crippen LogP contribution in [0.1, 0.15) is 6.92 Å². The number of carbonyl (C=O) groups is 1. The first-order valence-electron chi connectivity index (χ1n) is 6.36. The Balaban J connectivity index is 2.11. The van der Waals surface area contributed by atoms with Gasteiger partial charge in [-0.25, -0.2) is 9.78 Å². The fourth-order valence-electron chi connectivity index (χ4n) is 1.82. The molecule has 0 aliphatic rings. The lowest BCUT2D eigenvalue weighted by Crippen LogP contribution is -2.38. The SMILES string of the molecule is CC(CO)NC(=O)Nc1cccc(-c2nccn2C)c1. The molecule has 1 unspecified atom stereocenters. The van der Waals surface area contributed by atoms with Crippen LogP contribution in [0.25, 0.3) is 11.4 Å². The maximum Gasteiger partial charge on any atom is 0.319 e. The van der Waals surface area contributed by atoms with Crippen molar-refractivity contribution in [2.75, 3.05) is 11.9 Å². The predicted octanol–water partition coefficient (Wildman–Crippen LogP) is 1.59. The van der Waals surface area contributed by atoms with Crippen LogP contribution < -0.4 is 10.6 Å². The van der Waals surface area contributed by atoms with Crippen molar-refractivity contribution in [1.29, 1.82) is 0 Å². The summed E-state index contributed by atoms with van der Waals surface area (Å²) in [6.07, 6.45) is 3.59. The highest BCUT2D eigenvalue weighted by Gasteiger charge is 2.08. The summed E-state index contributed by atoms with van der Waals surface area (Å²) < 4.78 is 1.91. The molecule has 1 atom stereocenters. The number of amides is 2. The largest absolute Gasteiger partial charge is 0.394 e. The number of nitrogens with one attached hydrogen (secondary N) is 2. The number of aliphatic hydroxyl groups excluding tert-OH is 1. The number of hydrogen-bond acceptors (Lipinski definition) is 3. The summed E-state index contributed by atoms with van der Waals surface area (Å²) in [5.41, 5.74) is 1.60. The minimum atomic E-state index is -0.344. The Morgan fingerprint density at radius 3 is 2.95 bits per heavy atom. The number of nitrogens with zero attached hydrogens (tertiary/aromatic N) is 2. The van der Waals surface area contributed by atoms with E-state index in [-0.39, 0.29) is 18.7 Å². The van der Waals surface area contributed by atoms with Crippen molar-refractivity contribution in [2.45, 2.75) is 13.0 Å². The van der Waals surface area contributed by atoms with Crippen LogP contribution in [0.3, 0.4) is 0 Å². The Morgan fingerprint density at radius 2 is 2.30 bits per heavy atom. The van der Waals surface area contributed by atoms with E-state index in [2.05, 4.69) is 15.6 Å². The van der Waals surface area contributed by atoms with Crippen molar-refractivity contribution in [3.63, 3.8) is 0 Å². The van der Waals surface area contributed by atoms with Crippen LogP contribution in [0.5, 0.6) is 0 Å². The van der Waals surface area contributed by atoms with Crippen LogP contribution in [0.4, 0.5) is 10.5 Å². The van der Waals surface area contributed by atoms with Crippen LogP contribution in [0.15, 0.2) is 36.7 Å². The van der Waals surface area contributed by atoms with Gasteiger partial charge in [0.1, 0.15) is 5.82 Å². The van der Waals surface area contributed by atoms with Gasteiger partial charge in [-0.15, -0.1) is 0 Å². The van der Waals surface area contributed by atoms with E-state index in [0.29, 0.717) is 5.69 Å². The van der Waals surface area contributed by atoms with E-state index < -0.39 is 0 Å². The van der Waals surface area contributed by atoms with Gasteiger partial charge in [0.2, 0.25) is 0 Å². The maximum atomic E-state index is 11.7. The first kappa shape index (κ1) is 14.1. The minimum absolute atomic E-state index is 0.0965. The smallest absolute Gasteiger partial charge is 0.319 e. The van der Waals surface area contributed by atoms with Gasteiger partial charge in [-0.2, -0.15) is 0 Å². The molecule has 3 N–H and O–H groups in total. The number of aromatic nitrogens is 2. The molecule has 0 radical (unpaired) electrons. The second-order valence-electron chi connectivity index (χ2n) is 4.62. The topological polar surface area (TPSA) is 79.2 Å². The zero-order valence-corrected chi connectivity index (χ0v) is 11.5. The molecule has 2 amide bonds. The molecule has 0 aliphatic heterocycles. The first-order valence-corrected chi connectivity index (χ1v) is 6.36. The molecule has 1 heterocycles. The van der Waals surface area contributed by atoms with E-state index >= 15 is 0 Å². The fourth-order valence-corrected chi connectivity index (χ4v) is 1.82. The Bertz CT molecular complexity index is 594. The van der Waals surface area contributed by atoms with E-state index in [1.165, 1.54) is 0 Å². The molecule has 0 fully saturated rings. The molecule has 1 aromatic heterocycles. The van der Waals surface area contributed by atoms with Gasteiger partial charge in [0, 0.05) is 30.7 Å². The number of carbonyl (C=O) groups excluding carboxylic acids is 1. The third-order valence-electron chi connectivity index (χ3n) is 2.85. The van der Waals surface area contributed by atoms with Crippen molar-refractivity contribution in [1.82, 2.24) is 14.9 Å². The van der Waals surface area contributed by atoms with Gasteiger partial charge >= 0.3 is 6.03 Å². The van der Waals surface area contributed by atoms with Crippen LogP contribution in [0, 0.1) is 0 Å². The molecule has 0 bridgehead atoms. The third kappa shape index (κ3) is 3.36. The highest BCUT2D eigenvalue weighted by atomic mass is 16.3. The number of benzene rings is 1. The highest BCUT2D eigenvalue weighted by molar-refractivity contribution is 5.90. The lowest BCUT2D eigenvalue weighted by atomic mass is 10.2. The number of anilines is 1. The molecular weight excluding hydrogens is 256 g/mol. The number of urea groups is 1. The highest BCUT2D eigenvalue weighted by Crippen LogP contribution is 2.20. The Hall–Kier alpha value is -2.34. The van der Waals surface area contributed by atoms with Gasteiger partial charge in [0.15, 0.2) is 0 Å².